The van der Waals surface area contributed by atoms with Crippen LogP contribution < -0.4 is 10.6 Å². The van der Waals surface area contributed by atoms with Crippen LogP contribution in [0.3, 0.4) is 0 Å². The SMILES string of the molecule is CCNC(=NCc1ccc(CN(C)C)cc1)NCC(C)(O)c1ccccc1.I. The van der Waals surface area contributed by atoms with E-state index in [1.165, 1.54) is 5.56 Å². The Balaban J connectivity index is 0.00000392. The van der Waals surface area contributed by atoms with Gasteiger partial charge in [0.15, 0.2) is 5.96 Å². The lowest BCUT2D eigenvalue weighted by Crippen LogP contribution is -2.44. The highest BCUT2D eigenvalue weighted by molar-refractivity contribution is 14.0. The van der Waals surface area contributed by atoms with Crippen molar-refractivity contribution in [1.29, 1.82) is 0 Å². The van der Waals surface area contributed by atoms with Crippen molar-refractivity contribution in [3.8, 4) is 0 Å². The Bertz CT molecular complexity index is 715. The Kier molecular flexibility index (Phi) is 10.5. The van der Waals surface area contributed by atoms with Gasteiger partial charge in [0, 0.05) is 13.1 Å². The van der Waals surface area contributed by atoms with E-state index in [-0.39, 0.29) is 24.0 Å². The molecule has 6 heteroatoms. The highest BCUT2D eigenvalue weighted by atomic mass is 127. The Morgan fingerprint density at radius 1 is 1.00 bits per heavy atom. The number of guanidine groups is 1. The van der Waals surface area contributed by atoms with E-state index in [4.69, 9.17) is 0 Å². The van der Waals surface area contributed by atoms with E-state index < -0.39 is 5.60 Å². The van der Waals surface area contributed by atoms with E-state index in [0.717, 1.165) is 24.2 Å². The molecule has 0 aromatic heterocycles. The molecule has 5 nitrogen and oxygen atoms in total. The highest BCUT2D eigenvalue weighted by Crippen LogP contribution is 2.18. The summed E-state index contributed by atoms with van der Waals surface area (Å²) >= 11 is 0. The van der Waals surface area contributed by atoms with Crippen molar-refractivity contribution >= 4 is 29.9 Å². The van der Waals surface area contributed by atoms with Gasteiger partial charge in [0.1, 0.15) is 5.60 Å². The van der Waals surface area contributed by atoms with Gasteiger partial charge >= 0.3 is 0 Å². The average Bonchev–Trinajstić information content (AvgIpc) is 2.65. The summed E-state index contributed by atoms with van der Waals surface area (Å²) in [6.07, 6.45) is 0. The summed E-state index contributed by atoms with van der Waals surface area (Å²) in [6.45, 7) is 6.50. The average molecular weight is 496 g/mol. The Labute approximate surface area is 186 Å². The summed E-state index contributed by atoms with van der Waals surface area (Å²) in [5, 5.41) is 17.2. The van der Waals surface area contributed by atoms with E-state index >= 15 is 0 Å². The van der Waals surface area contributed by atoms with Crippen molar-refractivity contribution in [3.63, 3.8) is 0 Å². The lowest BCUT2D eigenvalue weighted by atomic mass is 9.96. The molecule has 0 aliphatic carbocycles. The number of hydrogen-bond acceptors (Lipinski definition) is 3. The quantitative estimate of drug-likeness (QED) is 0.298. The Morgan fingerprint density at radius 2 is 1.61 bits per heavy atom. The Morgan fingerprint density at radius 3 is 2.18 bits per heavy atom. The summed E-state index contributed by atoms with van der Waals surface area (Å²) in [6, 6.07) is 18.2. The number of halogens is 1. The fourth-order valence-corrected chi connectivity index (χ4v) is 2.78. The Hall–Kier alpha value is -1.64. The fraction of sp³-hybridized carbons (Fsp3) is 0.409. The van der Waals surface area contributed by atoms with Crippen molar-refractivity contribution in [2.24, 2.45) is 4.99 Å². The molecule has 2 rings (SSSR count). The molecule has 28 heavy (non-hydrogen) atoms. The molecule has 0 fully saturated rings. The number of aliphatic hydroxyl groups is 1. The van der Waals surface area contributed by atoms with Crippen LogP contribution >= 0.6 is 24.0 Å². The number of benzene rings is 2. The predicted molar refractivity (Wildman–Crippen MR) is 128 cm³/mol. The third kappa shape index (κ3) is 8.16. The molecule has 2 aromatic rings. The standard InChI is InChI=1S/C22H32N4O.HI/c1-5-23-21(25-17-22(2,27)20-9-7-6-8-10-20)24-15-18-11-13-19(14-12-18)16-26(3)4;/h6-14,27H,5,15-17H2,1-4H3,(H2,23,24,25);1H. The molecule has 1 unspecified atom stereocenters. The zero-order chi connectivity index (χ0) is 19.7. The molecule has 0 aliphatic heterocycles. The van der Waals surface area contributed by atoms with Crippen LogP contribution in [0.25, 0.3) is 0 Å². The van der Waals surface area contributed by atoms with Gasteiger partial charge in [0.25, 0.3) is 0 Å². The lowest BCUT2D eigenvalue weighted by Gasteiger charge is -2.25. The molecule has 0 saturated heterocycles. The topological polar surface area (TPSA) is 59.9 Å². The van der Waals surface area contributed by atoms with Crippen LogP contribution in [0.15, 0.2) is 59.6 Å². The minimum atomic E-state index is -0.967. The molecule has 3 N–H and O–H groups in total. The largest absolute Gasteiger partial charge is 0.384 e. The first kappa shape index (κ1) is 24.4. The molecule has 0 saturated carbocycles. The van der Waals surface area contributed by atoms with Crippen LogP contribution in [0, 0.1) is 0 Å². The van der Waals surface area contributed by atoms with Gasteiger partial charge in [0.05, 0.1) is 13.1 Å². The normalized spacial score (nSPS) is 13.6. The molecular formula is C22H33IN4O. The smallest absolute Gasteiger partial charge is 0.191 e. The summed E-state index contributed by atoms with van der Waals surface area (Å²) in [5.74, 6) is 0.700. The van der Waals surface area contributed by atoms with Crippen LogP contribution in [0.5, 0.6) is 0 Å². The second kappa shape index (κ2) is 12.0. The van der Waals surface area contributed by atoms with Crippen molar-refractivity contribution in [2.45, 2.75) is 32.5 Å². The van der Waals surface area contributed by atoms with Gasteiger partial charge in [-0.1, -0.05) is 54.6 Å². The van der Waals surface area contributed by atoms with Crippen molar-refractivity contribution < 1.29 is 5.11 Å². The molecule has 0 aliphatic rings. The van der Waals surface area contributed by atoms with Crippen LogP contribution in [-0.2, 0) is 18.7 Å². The minimum Gasteiger partial charge on any atom is -0.384 e. The summed E-state index contributed by atoms with van der Waals surface area (Å²) in [4.78, 5) is 6.80. The van der Waals surface area contributed by atoms with Crippen LogP contribution in [-0.4, -0.2) is 43.2 Å². The first-order valence-electron chi connectivity index (χ1n) is 9.43. The van der Waals surface area contributed by atoms with E-state index in [1.807, 2.05) is 44.2 Å². The number of rotatable bonds is 8. The van der Waals surface area contributed by atoms with Gasteiger partial charge in [-0.3, -0.25) is 0 Å². The van der Waals surface area contributed by atoms with Gasteiger partial charge < -0.3 is 20.6 Å². The van der Waals surface area contributed by atoms with Crippen molar-refractivity contribution in [3.05, 3.63) is 71.3 Å². The first-order chi connectivity index (χ1) is 12.9. The first-order valence-corrected chi connectivity index (χ1v) is 9.43. The molecule has 0 amide bonds. The number of aliphatic imine (C=N–C) groups is 1. The maximum absolute atomic E-state index is 10.7. The molecule has 2 aromatic carbocycles. The van der Waals surface area contributed by atoms with Crippen LogP contribution in [0.1, 0.15) is 30.5 Å². The molecular weight excluding hydrogens is 463 g/mol. The summed E-state index contributed by atoms with van der Waals surface area (Å²) in [7, 11) is 4.13. The maximum atomic E-state index is 10.7. The van der Waals surface area contributed by atoms with Crippen LogP contribution in [0.4, 0.5) is 0 Å². The fourth-order valence-electron chi connectivity index (χ4n) is 2.78. The van der Waals surface area contributed by atoms with Crippen molar-refractivity contribution in [2.75, 3.05) is 27.2 Å². The molecule has 0 spiro atoms. The van der Waals surface area contributed by atoms with Crippen LogP contribution in [0.2, 0.25) is 0 Å². The monoisotopic (exact) mass is 496 g/mol. The number of nitrogens with one attached hydrogen (secondary N) is 2. The molecule has 0 bridgehead atoms. The maximum Gasteiger partial charge on any atom is 0.191 e. The summed E-state index contributed by atoms with van der Waals surface area (Å²) in [5.41, 5.74) is 2.36. The van der Waals surface area contributed by atoms with E-state index in [0.29, 0.717) is 19.0 Å². The zero-order valence-corrected chi connectivity index (χ0v) is 19.6. The molecule has 154 valence electrons. The molecule has 1 atom stereocenters. The second-order valence-corrected chi connectivity index (χ2v) is 7.24. The minimum absolute atomic E-state index is 0. The number of nitrogens with zero attached hydrogens (tertiary/aromatic N) is 2. The molecule has 0 heterocycles. The van der Waals surface area contributed by atoms with Gasteiger partial charge in [-0.2, -0.15) is 0 Å². The van der Waals surface area contributed by atoms with Gasteiger partial charge in [-0.25, -0.2) is 4.99 Å². The van der Waals surface area contributed by atoms with Gasteiger partial charge in [-0.15, -0.1) is 24.0 Å². The van der Waals surface area contributed by atoms with E-state index in [9.17, 15) is 5.11 Å². The predicted octanol–water partition coefficient (Wildman–Crippen LogP) is 3.33. The van der Waals surface area contributed by atoms with E-state index in [1.54, 1.807) is 0 Å². The van der Waals surface area contributed by atoms with Gasteiger partial charge in [0.2, 0.25) is 0 Å². The zero-order valence-electron chi connectivity index (χ0n) is 17.3. The van der Waals surface area contributed by atoms with E-state index in [2.05, 4.69) is 58.9 Å². The highest BCUT2D eigenvalue weighted by Gasteiger charge is 2.22. The van der Waals surface area contributed by atoms with Crippen molar-refractivity contribution in [1.82, 2.24) is 15.5 Å². The second-order valence-electron chi connectivity index (χ2n) is 7.24. The third-order valence-electron chi connectivity index (χ3n) is 4.28. The third-order valence-corrected chi connectivity index (χ3v) is 4.28. The number of hydrogen-bond donors (Lipinski definition) is 3. The summed E-state index contributed by atoms with van der Waals surface area (Å²) < 4.78 is 0. The van der Waals surface area contributed by atoms with Gasteiger partial charge in [-0.05, 0) is 44.6 Å². The lowest BCUT2D eigenvalue weighted by molar-refractivity contribution is 0.0617. The molecule has 0 radical (unpaired) electrons.